The Kier molecular flexibility index (Phi) is 11.6. The zero-order valence-corrected chi connectivity index (χ0v) is 13.3. The summed E-state index contributed by atoms with van der Waals surface area (Å²) in [6.07, 6.45) is 5.77. The third-order valence-electron chi connectivity index (χ3n) is 3.96. The van der Waals surface area contributed by atoms with E-state index in [0.29, 0.717) is 12.5 Å². The van der Waals surface area contributed by atoms with Crippen LogP contribution in [-0.4, -0.2) is 29.2 Å². The van der Waals surface area contributed by atoms with Crippen molar-refractivity contribution in [2.75, 3.05) is 6.61 Å². The normalized spacial score (nSPS) is 18.0. The first kappa shape index (κ1) is 18.9. The van der Waals surface area contributed by atoms with Gasteiger partial charge >= 0.3 is 0 Å². The number of hydrogen-bond donors (Lipinski definition) is 2. The van der Waals surface area contributed by atoms with Crippen molar-refractivity contribution < 1.29 is 14.9 Å². The number of ether oxygens (including phenoxy) is 1. The highest BCUT2D eigenvalue weighted by molar-refractivity contribution is 4.70. The lowest BCUT2D eigenvalue weighted by Crippen LogP contribution is -2.34. The molecule has 0 aliphatic rings. The first-order valence-electron chi connectivity index (χ1n) is 8.08. The van der Waals surface area contributed by atoms with Crippen LogP contribution in [0, 0.1) is 11.8 Å². The van der Waals surface area contributed by atoms with Crippen molar-refractivity contribution in [3.63, 3.8) is 0 Å². The van der Waals surface area contributed by atoms with Gasteiger partial charge in [0.05, 0.1) is 12.7 Å². The van der Waals surface area contributed by atoms with Gasteiger partial charge in [-0.1, -0.05) is 53.4 Å². The highest BCUT2D eigenvalue weighted by Crippen LogP contribution is 2.21. The van der Waals surface area contributed by atoms with E-state index >= 15 is 0 Å². The van der Waals surface area contributed by atoms with Crippen LogP contribution in [0.4, 0.5) is 0 Å². The number of hydrogen-bond acceptors (Lipinski definition) is 3. The van der Waals surface area contributed by atoms with Gasteiger partial charge in [-0.2, -0.15) is 0 Å². The van der Waals surface area contributed by atoms with Gasteiger partial charge < -0.3 is 14.9 Å². The summed E-state index contributed by atoms with van der Waals surface area (Å²) in [5, 5.41) is 20.1. The van der Waals surface area contributed by atoms with Crippen molar-refractivity contribution in [2.24, 2.45) is 11.8 Å². The van der Waals surface area contributed by atoms with E-state index in [4.69, 9.17) is 4.74 Å². The van der Waals surface area contributed by atoms with E-state index in [1.165, 1.54) is 12.8 Å². The van der Waals surface area contributed by atoms with Crippen molar-refractivity contribution in [2.45, 2.75) is 85.0 Å². The van der Waals surface area contributed by atoms with Crippen LogP contribution in [0.3, 0.4) is 0 Å². The second-order valence-corrected chi connectivity index (χ2v) is 5.57. The largest absolute Gasteiger partial charge is 0.393 e. The van der Waals surface area contributed by atoms with Gasteiger partial charge in [0.25, 0.3) is 0 Å². The van der Waals surface area contributed by atoms with Gasteiger partial charge in [-0.3, -0.25) is 0 Å². The molecule has 0 saturated carbocycles. The lowest BCUT2D eigenvalue weighted by molar-refractivity contribution is -0.167. The fourth-order valence-electron chi connectivity index (χ4n) is 2.43. The molecule has 2 N–H and O–H groups in total. The Hall–Kier alpha value is -0.120. The summed E-state index contributed by atoms with van der Waals surface area (Å²) in [7, 11) is 0. The van der Waals surface area contributed by atoms with Crippen LogP contribution in [-0.2, 0) is 4.74 Å². The molecular weight excluding hydrogens is 240 g/mol. The zero-order chi connectivity index (χ0) is 14.7. The predicted octanol–water partition coefficient (Wildman–Crippen LogP) is 3.73. The van der Waals surface area contributed by atoms with E-state index < -0.39 is 12.4 Å². The molecule has 0 aromatic heterocycles. The summed E-state index contributed by atoms with van der Waals surface area (Å²) in [6, 6.07) is 0. The van der Waals surface area contributed by atoms with Gasteiger partial charge in [-0.25, -0.2) is 0 Å². The molecule has 4 unspecified atom stereocenters. The van der Waals surface area contributed by atoms with Crippen LogP contribution in [0.2, 0.25) is 0 Å². The number of rotatable bonds is 12. The maximum absolute atomic E-state index is 10.1. The number of aliphatic hydroxyl groups is 2. The average molecular weight is 274 g/mol. The van der Waals surface area contributed by atoms with E-state index in [1.807, 2.05) is 13.8 Å². The van der Waals surface area contributed by atoms with E-state index in [2.05, 4.69) is 13.8 Å². The third-order valence-corrected chi connectivity index (χ3v) is 3.96. The van der Waals surface area contributed by atoms with Crippen molar-refractivity contribution in [3.8, 4) is 0 Å². The molecule has 0 heterocycles. The fraction of sp³-hybridized carbons (Fsp3) is 1.00. The lowest BCUT2D eigenvalue weighted by atomic mass is 9.95. The van der Waals surface area contributed by atoms with E-state index in [1.54, 1.807) is 0 Å². The van der Waals surface area contributed by atoms with Crippen LogP contribution in [0.1, 0.15) is 72.6 Å². The topological polar surface area (TPSA) is 49.7 Å². The van der Waals surface area contributed by atoms with Gasteiger partial charge in [-0.05, 0) is 25.2 Å². The molecule has 19 heavy (non-hydrogen) atoms. The van der Waals surface area contributed by atoms with Crippen LogP contribution >= 0.6 is 0 Å². The van der Waals surface area contributed by atoms with Gasteiger partial charge in [0.15, 0.2) is 6.29 Å². The Bertz CT molecular complexity index is 196. The SMILES string of the molecule is CCCCC(CC)COC(O)C(CC)C(O)CCC. The molecule has 0 aliphatic heterocycles. The van der Waals surface area contributed by atoms with Crippen LogP contribution in [0.15, 0.2) is 0 Å². The van der Waals surface area contributed by atoms with Crippen molar-refractivity contribution in [3.05, 3.63) is 0 Å². The monoisotopic (exact) mass is 274 g/mol. The lowest BCUT2D eigenvalue weighted by Gasteiger charge is -2.27. The second kappa shape index (κ2) is 11.7. The minimum Gasteiger partial charge on any atom is -0.393 e. The molecule has 0 aliphatic carbocycles. The summed E-state index contributed by atoms with van der Waals surface area (Å²) in [5.74, 6) is 0.360. The number of unbranched alkanes of at least 4 members (excludes halogenated alkanes) is 1. The molecule has 0 fully saturated rings. The Labute approximate surface area is 119 Å². The van der Waals surface area contributed by atoms with E-state index in [0.717, 1.165) is 32.1 Å². The molecule has 3 heteroatoms. The minimum absolute atomic E-state index is 0.163. The molecule has 0 aromatic carbocycles. The molecule has 0 rings (SSSR count). The summed E-state index contributed by atoms with van der Waals surface area (Å²) < 4.78 is 5.61. The zero-order valence-electron chi connectivity index (χ0n) is 13.3. The van der Waals surface area contributed by atoms with Crippen LogP contribution < -0.4 is 0 Å². The Balaban J connectivity index is 4.13. The summed E-state index contributed by atoms with van der Waals surface area (Å²) in [4.78, 5) is 0. The molecule has 0 amide bonds. The second-order valence-electron chi connectivity index (χ2n) is 5.57. The Morgan fingerprint density at radius 2 is 1.58 bits per heavy atom. The smallest absolute Gasteiger partial charge is 0.159 e. The standard InChI is InChI=1S/C16H34O3/c1-5-9-11-13(7-3)12-19-16(18)14(8-4)15(17)10-6-2/h13-18H,5-12H2,1-4H3. The van der Waals surface area contributed by atoms with Crippen molar-refractivity contribution in [1.29, 1.82) is 0 Å². The molecule has 0 spiro atoms. The van der Waals surface area contributed by atoms with Gasteiger partial charge in [0.1, 0.15) is 0 Å². The third kappa shape index (κ3) is 7.91. The van der Waals surface area contributed by atoms with Gasteiger partial charge in [0, 0.05) is 5.92 Å². The highest BCUT2D eigenvalue weighted by Gasteiger charge is 2.26. The van der Waals surface area contributed by atoms with Crippen molar-refractivity contribution >= 4 is 0 Å². The summed E-state index contributed by atoms with van der Waals surface area (Å²) in [5.41, 5.74) is 0. The summed E-state index contributed by atoms with van der Waals surface area (Å²) >= 11 is 0. The van der Waals surface area contributed by atoms with Gasteiger partial charge in [0.2, 0.25) is 0 Å². The minimum atomic E-state index is -0.831. The quantitative estimate of drug-likeness (QED) is 0.533. The fourth-order valence-corrected chi connectivity index (χ4v) is 2.43. The first-order chi connectivity index (χ1) is 9.10. The van der Waals surface area contributed by atoms with E-state index in [9.17, 15) is 10.2 Å². The molecule has 0 aromatic rings. The van der Waals surface area contributed by atoms with E-state index in [-0.39, 0.29) is 5.92 Å². The molecule has 0 saturated heterocycles. The van der Waals surface area contributed by atoms with Crippen LogP contribution in [0.5, 0.6) is 0 Å². The maximum Gasteiger partial charge on any atom is 0.159 e. The number of aliphatic hydroxyl groups excluding tert-OH is 2. The first-order valence-corrected chi connectivity index (χ1v) is 8.08. The van der Waals surface area contributed by atoms with Crippen molar-refractivity contribution in [1.82, 2.24) is 0 Å². The molecule has 0 bridgehead atoms. The molecule has 3 nitrogen and oxygen atoms in total. The maximum atomic E-state index is 10.1. The molecule has 116 valence electrons. The highest BCUT2D eigenvalue weighted by atomic mass is 16.6. The average Bonchev–Trinajstić information content (AvgIpc) is 2.40. The van der Waals surface area contributed by atoms with Gasteiger partial charge in [-0.15, -0.1) is 0 Å². The predicted molar refractivity (Wildman–Crippen MR) is 80.0 cm³/mol. The Morgan fingerprint density at radius 1 is 0.895 bits per heavy atom. The van der Waals surface area contributed by atoms with Crippen LogP contribution in [0.25, 0.3) is 0 Å². The molecule has 4 atom stereocenters. The Morgan fingerprint density at radius 3 is 2.05 bits per heavy atom. The summed E-state index contributed by atoms with van der Waals surface area (Å²) in [6.45, 7) is 8.99. The molecule has 0 radical (unpaired) electrons. The molecular formula is C16H34O3.